The first kappa shape index (κ1) is 16.4. The Hall–Kier alpha value is -2.42. The molecule has 0 saturated carbocycles. The monoisotopic (exact) mass is 341 g/mol. The fraction of sp³-hybridized carbons (Fsp3) is 0.400. The van der Waals surface area contributed by atoms with Crippen molar-refractivity contribution in [3.05, 3.63) is 47.1 Å². The lowest BCUT2D eigenvalue weighted by Crippen LogP contribution is -2.32. The first-order chi connectivity index (χ1) is 11.3. The predicted molar refractivity (Wildman–Crippen MR) is 74.9 cm³/mol. The van der Waals surface area contributed by atoms with Crippen molar-refractivity contribution in [2.24, 2.45) is 0 Å². The summed E-state index contributed by atoms with van der Waals surface area (Å²) >= 11 is 0. The minimum Gasteiger partial charge on any atom is -0.391 e. The maximum absolute atomic E-state index is 12.9. The van der Waals surface area contributed by atoms with Crippen molar-refractivity contribution < 1.29 is 27.6 Å². The number of nitrogens with zero attached hydrogens (tertiary/aromatic N) is 3. The maximum Gasteiger partial charge on any atom is 0.416 e. The van der Waals surface area contributed by atoms with Crippen molar-refractivity contribution in [3.63, 3.8) is 0 Å². The number of aliphatic hydroxyl groups is 1. The highest BCUT2D eigenvalue weighted by Gasteiger charge is 2.38. The minimum atomic E-state index is -4.48. The summed E-state index contributed by atoms with van der Waals surface area (Å²) in [4.78, 5) is 17.6. The number of β-amino-alcohol motifs (C(OH)–C–C–N with tert-alkyl or cyclic N) is 1. The van der Waals surface area contributed by atoms with Gasteiger partial charge in [0.25, 0.3) is 11.7 Å². The van der Waals surface area contributed by atoms with E-state index in [1.54, 1.807) is 0 Å². The topological polar surface area (TPSA) is 79.5 Å². The van der Waals surface area contributed by atoms with Crippen LogP contribution in [0.4, 0.5) is 13.2 Å². The standard InChI is InChI=1S/C15H14F3N3O3/c1-8-19-13(20-24-8)14(23)21-7-11(22)6-12(21)9-3-2-4-10(5-9)15(16,17)18/h2-5,11-12,22H,6-7H2,1H3. The Labute approximate surface area is 134 Å². The summed E-state index contributed by atoms with van der Waals surface area (Å²) in [6.45, 7) is 1.51. The van der Waals surface area contributed by atoms with Crippen LogP contribution >= 0.6 is 0 Å². The van der Waals surface area contributed by atoms with E-state index >= 15 is 0 Å². The molecule has 2 heterocycles. The lowest BCUT2D eigenvalue weighted by atomic mass is 10.0. The number of aliphatic hydroxyl groups excluding tert-OH is 1. The van der Waals surface area contributed by atoms with Crippen LogP contribution in [0.2, 0.25) is 0 Å². The predicted octanol–water partition coefficient (Wildman–Crippen LogP) is 2.34. The van der Waals surface area contributed by atoms with Crippen LogP contribution in [0.25, 0.3) is 0 Å². The van der Waals surface area contributed by atoms with E-state index in [9.17, 15) is 23.1 Å². The van der Waals surface area contributed by atoms with Crippen LogP contribution in [0.3, 0.4) is 0 Å². The van der Waals surface area contributed by atoms with Crippen LogP contribution in [0, 0.1) is 6.92 Å². The van der Waals surface area contributed by atoms with Crippen LogP contribution in [0.15, 0.2) is 28.8 Å². The summed E-state index contributed by atoms with van der Waals surface area (Å²) in [6, 6.07) is 4.05. The zero-order chi connectivity index (χ0) is 17.5. The second-order valence-electron chi connectivity index (χ2n) is 5.62. The fourth-order valence-electron chi connectivity index (χ4n) is 2.79. The zero-order valence-corrected chi connectivity index (χ0v) is 12.6. The lowest BCUT2D eigenvalue weighted by Gasteiger charge is -2.24. The van der Waals surface area contributed by atoms with Gasteiger partial charge in [0.15, 0.2) is 0 Å². The molecule has 9 heteroatoms. The van der Waals surface area contributed by atoms with E-state index in [1.807, 2.05) is 0 Å². The molecule has 2 atom stereocenters. The summed E-state index contributed by atoms with van der Waals surface area (Å²) in [5.74, 6) is -0.571. The summed E-state index contributed by atoms with van der Waals surface area (Å²) in [5.41, 5.74) is -0.501. The van der Waals surface area contributed by atoms with Gasteiger partial charge in [0.2, 0.25) is 5.89 Å². The van der Waals surface area contributed by atoms with Crippen LogP contribution in [0.1, 0.15) is 40.1 Å². The van der Waals surface area contributed by atoms with Gasteiger partial charge in [-0.15, -0.1) is 0 Å². The SMILES string of the molecule is Cc1nc(C(=O)N2CC(O)CC2c2cccc(C(F)(F)F)c2)no1. The Kier molecular flexibility index (Phi) is 4.04. The number of halogens is 3. The third kappa shape index (κ3) is 3.12. The molecule has 3 rings (SSSR count). The summed E-state index contributed by atoms with van der Waals surface area (Å²) in [7, 11) is 0. The molecule has 0 radical (unpaired) electrons. The van der Waals surface area contributed by atoms with Crippen LogP contribution < -0.4 is 0 Å². The summed E-state index contributed by atoms with van der Waals surface area (Å²) in [6.07, 6.45) is -5.17. The van der Waals surface area contributed by atoms with Crippen molar-refractivity contribution in [1.82, 2.24) is 15.0 Å². The van der Waals surface area contributed by atoms with E-state index in [2.05, 4.69) is 10.1 Å². The molecule has 1 saturated heterocycles. The highest BCUT2D eigenvalue weighted by atomic mass is 19.4. The van der Waals surface area contributed by atoms with Gasteiger partial charge < -0.3 is 14.5 Å². The van der Waals surface area contributed by atoms with Gasteiger partial charge in [0.1, 0.15) is 0 Å². The Bertz CT molecular complexity index is 760. The van der Waals surface area contributed by atoms with Crippen molar-refractivity contribution in [3.8, 4) is 0 Å². The third-order valence-corrected chi connectivity index (χ3v) is 3.86. The second kappa shape index (κ2) is 5.90. The molecule has 1 fully saturated rings. The average molecular weight is 341 g/mol. The first-order valence-corrected chi connectivity index (χ1v) is 7.22. The lowest BCUT2D eigenvalue weighted by molar-refractivity contribution is -0.137. The minimum absolute atomic E-state index is 0.00661. The molecule has 2 aromatic rings. The molecular weight excluding hydrogens is 327 g/mol. The molecule has 6 nitrogen and oxygen atoms in total. The molecule has 1 aromatic heterocycles. The number of carbonyl (C=O) groups is 1. The molecule has 0 spiro atoms. The smallest absolute Gasteiger partial charge is 0.391 e. The van der Waals surface area contributed by atoms with Gasteiger partial charge in [0, 0.05) is 13.5 Å². The van der Waals surface area contributed by atoms with Crippen molar-refractivity contribution >= 4 is 5.91 Å². The number of carbonyl (C=O) groups excluding carboxylic acids is 1. The molecule has 1 amide bonds. The van der Waals surface area contributed by atoms with Crippen LogP contribution in [-0.4, -0.2) is 38.7 Å². The highest BCUT2D eigenvalue weighted by molar-refractivity contribution is 5.90. The largest absolute Gasteiger partial charge is 0.416 e. The van der Waals surface area contributed by atoms with Gasteiger partial charge in [0.05, 0.1) is 17.7 Å². The van der Waals surface area contributed by atoms with Crippen molar-refractivity contribution in [1.29, 1.82) is 0 Å². The molecule has 1 N–H and O–H groups in total. The van der Waals surface area contributed by atoms with E-state index in [0.29, 0.717) is 5.56 Å². The molecule has 1 aliphatic rings. The van der Waals surface area contributed by atoms with Gasteiger partial charge in [-0.3, -0.25) is 4.79 Å². The highest BCUT2D eigenvalue weighted by Crippen LogP contribution is 2.36. The Morgan fingerprint density at radius 1 is 1.42 bits per heavy atom. The van der Waals surface area contributed by atoms with Crippen molar-refractivity contribution in [2.75, 3.05) is 6.54 Å². The molecule has 1 aliphatic heterocycles. The summed E-state index contributed by atoms with van der Waals surface area (Å²) in [5, 5.41) is 13.4. The van der Waals surface area contributed by atoms with E-state index in [0.717, 1.165) is 12.1 Å². The zero-order valence-electron chi connectivity index (χ0n) is 12.6. The van der Waals surface area contributed by atoms with Gasteiger partial charge in [-0.2, -0.15) is 18.2 Å². The van der Waals surface area contributed by atoms with Crippen LogP contribution in [0.5, 0.6) is 0 Å². The number of amides is 1. The van der Waals surface area contributed by atoms with E-state index in [4.69, 9.17) is 4.52 Å². The number of benzene rings is 1. The third-order valence-electron chi connectivity index (χ3n) is 3.86. The van der Waals surface area contributed by atoms with Gasteiger partial charge in [-0.25, -0.2) is 0 Å². The molecule has 0 aliphatic carbocycles. The molecule has 2 unspecified atom stereocenters. The molecule has 0 bridgehead atoms. The molecular formula is C15H14F3N3O3. The Morgan fingerprint density at radius 2 is 2.17 bits per heavy atom. The van der Waals surface area contributed by atoms with Gasteiger partial charge >= 0.3 is 6.18 Å². The number of aromatic nitrogens is 2. The van der Waals surface area contributed by atoms with Crippen LogP contribution in [-0.2, 0) is 6.18 Å². The number of rotatable bonds is 2. The second-order valence-corrected chi connectivity index (χ2v) is 5.62. The number of aryl methyl sites for hydroxylation is 1. The Balaban J connectivity index is 1.92. The normalized spacial score (nSPS) is 21.3. The molecule has 128 valence electrons. The Morgan fingerprint density at radius 3 is 2.79 bits per heavy atom. The number of hydrogen-bond donors (Lipinski definition) is 1. The van der Waals surface area contributed by atoms with E-state index < -0.39 is 29.8 Å². The van der Waals surface area contributed by atoms with Crippen molar-refractivity contribution in [2.45, 2.75) is 31.7 Å². The van der Waals surface area contributed by atoms with E-state index in [1.165, 1.54) is 24.0 Å². The maximum atomic E-state index is 12.9. The number of hydrogen-bond acceptors (Lipinski definition) is 5. The van der Waals surface area contributed by atoms with Gasteiger partial charge in [-0.05, 0) is 24.1 Å². The number of alkyl halides is 3. The fourth-order valence-corrected chi connectivity index (χ4v) is 2.79. The average Bonchev–Trinajstić information content (AvgIpc) is 3.12. The number of likely N-dealkylation sites (tertiary alicyclic amines) is 1. The van der Waals surface area contributed by atoms with E-state index in [-0.39, 0.29) is 24.7 Å². The molecule has 24 heavy (non-hydrogen) atoms. The first-order valence-electron chi connectivity index (χ1n) is 7.22. The summed E-state index contributed by atoms with van der Waals surface area (Å²) < 4.78 is 43.4. The van der Waals surface area contributed by atoms with Gasteiger partial charge in [-0.1, -0.05) is 17.3 Å². The quantitative estimate of drug-likeness (QED) is 0.907. The molecule has 1 aromatic carbocycles.